The second-order valence-corrected chi connectivity index (χ2v) is 12.7. The van der Waals surface area contributed by atoms with Crippen LogP contribution in [0.5, 0.6) is 0 Å². The summed E-state index contributed by atoms with van der Waals surface area (Å²) in [4.78, 5) is 23.2. The Morgan fingerprint density at radius 3 is 2.67 bits per heavy atom. The first-order valence-electron chi connectivity index (χ1n) is 12.9. The van der Waals surface area contributed by atoms with Crippen LogP contribution in [-0.2, 0) is 17.1 Å². The molecule has 40 heavy (non-hydrogen) atoms. The van der Waals surface area contributed by atoms with E-state index in [0.29, 0.717) is 38.4 Å². The normalized spacial score (nSPS) is 28.6. The Hall–Kier alpha value is -3.13. The molecule has 11 heteroatoms. The molecule has 5 atom stereocenters. The number of nitrogens with zero attached hydrogens (tertiary/aromatic N) is 3. The van der Waals surface area contributed by atoms with Gasteiger partial charge in [0.2, 0.25) is 5.91 Å². The smallest absolute Gasteiger partial charge is 0.229 e. The predicted octanol–water partition coefficient (Wildman–Crippen LogP) is 4.61. The van der Waals surface area contributed by atoms with Gasteiger partial charge in [0.1, 0.15) is 16.8 Å². The monoisotopic (exact) mass is 595 g/mol. The first-order valence-corrected chi connectivity index (χ1v) is 14.4. The van der Waals surface area contributed by atoms with Gasteiger partial charge < -0.3 is 20.8 Å². The van der Waals surface area contributed by atoms with Gasteiger partial charge in [0.15, 0.2) is 11.4 Å². The molecule has 0 spiro atoms. The quantitative estimate of drug-likeness (QED) is 0.251. The number of amides is 1. The summed E-state index contributed by atoms with van der Waals surface area (Å²) >= 11 is 13.6. The highest BCUT2D eigenvalue weighted by molar-refractivity contribution is 7.16. The number of hydrogen-bond acceptors (Lipinski definition) is 7. The van der Waals surface area contributed by atoms with Crippen molar-refractivity contribution >= 4 is 57.3 Å². The lowest BCUT2D eigenvalue weighted by Crippen LogP contribution is -2.48. The standard InChI is InChI=1S/C29H27Cl2N5O3S/c1-16-13-27(38,29(39)17(2)28(16,29)26(37)32-3)36-15-34-24-22(33-14-18-5-4-6-19(30)11-18)12-20(35-25(24)36)7-8-21-9-10-23(31)40-21/h4-6,9-12,15-17,38-39H,13-14H2,1-3H3,(H,32,37)(H,33,35)/t16-,17+,27-,28?,29-/m1/s1. The van der Waals surface area contributed by atoms with Gasteiger partial charge in [-0.25, -0.2) is 9.97 Å². The molecular formula is C29H27Cl2N5O3S. The maximum atomic E-state index is 13.0. The average molecular weight is 597 g/mol. The van der Waals surface area contributed by atoms with E-state index >= 15 is 0 Å². The van der Waals surface area contributed by atoms with E-state index in [1.165, 1.54) is 22.2 Å². The fourth-order valence-electron chi connectivity index (χ4n) is 6.79. The molecule has 1 amide bonds. The van der Waals surface area contributed by atoms with Crippen LogP contribution in [0.15, 0.2) is 48.8 Å². The lowest BCUT2D eigenvalue weighted by molar-refractivity contribution is -0.155. The number of thiophene rings is 1. The number of carbonyl (C=O) groups excluding carboxylic acids is 1. The summed E-state index contributed by atoms with van der Waals surface area (Å²) < 4.78 is 2.14. The van der Waals surface area contributed by atoms with E-state index in [-0.39, 0.29) is 18.2 Å². The molecular weight excluding hydrogens is 569 g/mol. The van der Waals surface area contributed by atoms with Crippen molar-refractivity contribution in [3.8, 4) is 11.8 Å². The summed E-state index contributed by atoms with van der Waals surface area (Å²) in [6, 6.07) is 13.0. The number of imidazole rings is 1. The molecule has 0 bridgehead atoms. The summed E-state index contributed by atoms with van der Waals surface area (Å²) in [5.74, 6) is 5.14. The highest BCUT2D eigenvalue weighted by atomic mass is 35.5. The van der Waals surface area contributed by atoms with E-state index in [1.54, 1.807) is 26.1 Å². The Morgan fingerprint density at radius 2 is 2.00 bits per heavy atom. The van der Waals surface area contributed by atoms with Crippen LogP contribution >= 0.6 is 34.5 Å². The Morgan fingerprint density at radius 1 is 1.20 bits per heavy atom. The minimum Gasteiger partial charge on any atom is -0.383 e. The van der Waals surface area contributed by atoms with Crippen molar-refractivity contribution in [1.29, 1.82) is 0 Å². The van der Waals surface area contributed by atoms with Crippen LogP contribution < -0.4 is 10.6 Å². The highest BCUT2D eigenvalue weighted by Crippen LogP contribution is 2.78. The fourth-order valence-corrected chi connectivity index (χ4v) is 7.90. The molecule has 8 nitrogen and oxygen atoms in total. The molecule has 206 valence electrons. The van der Waals surface area contributed by atoms with Crippen LogP contribution in [0.1, 0.15) is 36.4 Å². The number of fused-ring (bicyclic) bond motifs is 2. The van der Waals surface area contributed by atoms with E-state index in [0.717, 1.165) is 10.4 Å². The lowest BCUT2D eigenvalue weighted by atomic mass is 9.87. The topological polar surface area (TPSA) is 112 Å². The highest BCUT2D eigenvalue weighted by Gasteiger charge is 2.91. The molecule has 3 heterocycles. The van der Waals surface area contributed by atoms with Crippen LogP contribution in [0.3, 0.4) is 0 Å². The fraction of sp³-hybridized carbons (Fsp3) is 0.345. The lowest BCUT2D eigenvalue weighted by Gasteiger charge is -2.33. The van der Waals surface area contributed by atoms with Gasteiger partial charge in [-0.15, -0.1) is 11.3 Å². The van der Waals surface area contributed by atoms with Crippen LogP contribution in [0, 0.1) is 29.1 Å². The number of hydrogen-bond donors (Lipinski definition) is 4. The zero-order valence-electron chi connectivity index (χ0n) is 22.0. The molecule has 1 unspecified atom stereocenters. The molecule has 2 fully saturated rings. The molecule has 4 aromatic rings. The molecule has 6 rings (SSSR count). The molecule has 1 aromatic carbocycles. The summed E-state index contributed by atoms with van der Waals surface area (Å²) in [5.41, 5.74) is -1.71. The number of benzene rings is 1. The maximum Gasteiger partial charge on any atom is 0.229 e. The van der Waals surface area contributed by atoms with Crippen molar-refractivity contribution in [2.75, 3.05) is 12.4 Å². The number of halogens is 2. The second kappa shape index (κ2) is 9.47. The van der Waals surface area contributed by atoms with E-state index < -0.39 is 22.7 Å². The average Bonchev–Trinajstić information content (AvgIpc) is 3.34. The second-order valence-electron chi connectivity index (χ2n) is 10.5. The third kappa shape index (κ3) is 3.71. The van der Waals surface area contributed by atoms with Crippen molar-refractivity contribution in [2.24, 2.45) is 17.3 Å². The largest absolute Gasteiger partial charge is 0.383 e. The van der Waals surface area contributed by atoms with Crippen molar-refractivity contribution in [3.63, 3.8) is 0 Å². The Labute approximate surface area is 245 Å². The molecule has 2 aliphatic rings. The van der Waals surface area contributed by atoms with Crippen molar-refractivity contribution in [3.05, 3.63) is 74.3 Å². The van der Waals surface area contributed by atoms with Crippen LogP contribution in [0.25, 0.3) is 11.2 Å². The molecule has 0 saturated heterocycles. The molecule has 0 radical (unpaired) electrons. The maximum absolute atomic E-state index is 13.0. The van der Waals surface area contributed by atoms with Crippen molar-refractivity contribution in [2.45, 2.75) is 38.1 Å². The minimum atomic E-state index is -1.81. The van der Waals surface area contributed by atoms with Crippen molar-refractivity contribution in [1.82, 2.24) is 19.9 Å². The Balaban J connectivity index is 1.47. The predicted molar refractivity (Wildman–Crippen MR) is 156 cm³/mol. The zero-order valence-corrected chi connectivity index (χ0v) is 24.3. The number of anilines is 1. The summed E-state index contributed by atoms with van der Waals surface area (Å²) in [7, 11) is 1.55. The van der Waals surface area contributed by atoms with Crippen LogP contribution in [0.2, 0.25) is 9.36 Å². The number of aliphatic hydroxyl groups is 2. The summed E-state index contributed by atoms with van der Waals surface area (Å²) in [6.07, 6.45) is 1.64. The molecule has 2 saturated carbocycles. The number of pyridine rings is 1. The van der Waals surface area contributed by atoms with E-state index in [4.69, 9.17) is 28.2 Å². The van der Waals surface area contributed by atoms with E-state index in [2.05, 4.69) is 27.5 Å². The van der Waals surface area contributed by atoms with Crippen molar-refractivity contribution < 1.29 is 15.0 Å². The van der Waals surface area contributed by atoms with Crippen LogP contribution in [-0.4, -0.2) is 43.3 Å². The van der Waals surface area contributed by atoms with E-state index in [9.17, 15) is 15.0 Å². The van der Waals surface area contributed by atoms with Crippen LogP contribution in [0.4, 0.5) is 5.69 Å². The number of carbonyl (C=O) groups is 1. The number of rotatable bonds is 5. The first kappa shape index (κ1) is 27.1. The van der Waals surface area contributed by atoms with Gasteiger partial charge in [-0.3, -0.25) is 9.36 Å². The number of aromatic nitrogens is 3. The minimum absolute atomic E-state index is 0.156. The zero-order chi connectivity index (χ0) is 28.4. The molecule has 0 aliphatic heterocycles. The Bertz CT molecular complexity index is 1720. The van der Waals surface area contributed by atoms with Gasteiger partial charge in [0.25, 0.3) is 0 Å². The third-order valence-corrected chi connectivity index (χ3v) is 9.98. The van der Waals surface area contributed by atoms with E-state index in [1.807, 2.05) is 37.3 Å². The first-order chi connectivity index (χ1) is 19.1. The number of nitrogens with one attached hydrogen (secondary N) is 2. The Kier molecular flexibility index (Phi) is 6.41. The van der Waals surface area contributed by atoms with Gasteiger partial charge in [0, 0.05) is 31.0 Å². The molecule has 4 N–H and O–H groups in total. The van der Waals surface area contributed by atoms with Gasteiger partial charge in [0.05, 0.1) is 26.6 Å². The third-order valence-electron chi connectivity index (χ3n) is 8.60. The van der Waals surface area contributed by atoms with Gasteiger partial charge >= 0.3 is 0 Å². The van der Waals surface area contributed by atoms with Gasteiger partial charge in [-0.05, 0) is 53.7 Å². The molecule has 3 aromatic heterocycles. The van der Waals surface area contributed by atoms with Gasteiger partial charge in [-0.2, -0.15) is 0 Å². The molecule has 2 aliphatic carbocycles. The summed E-state index contributed by atoms with van der Waals surface area (Å²) in [5, 5.41) is 30.8. The van der Waals surface area contributed by atoms with Gasteiger partial charge in [-0.1, -0.05) is 49.2 Å². The SMILES string of the molecule is CNC(=O)C12[C@H](C)C[C@](O)(n3cnc4c(NCc5cccc(Cl)c5)cc(C#Cc5ccc(Cl)s5)nc43)[C@]1(O)[C@H]2C. The summed E-state index contributed by atoms with van der Waals surface area (Å²) in [6.45, 7) is 4.14.